The molecule has 0 aromatic carbocycles. The van der Waals surface area contributed by atoms with Crippen LogP contribution in [0.4, 0.5) is 0 Å². The fourth-order valence-corrected chi connectivity index (χ4v) is 3.10. The van der Waals surface area contributed by atoms with E-state index in [-0.39, 0.29) is 13.0 Å². The van der Waals surface area contributed by atoms with Crippen LogP contribution in [0.15, 0.2) is 0 Å². The van der Waals surface area contributed by atoms with Crippen LogP contribution >= 0.6 is 0 Å². The number of aliphatic carboxylic acids is 1. The Morgan fingerprint density at radius 1 is 1.03 bits per heavy atom. The van der Waals surface area contributed by atoms with E-state index >= 15 is 0 Å². The topological polar surface area (TPSA) is 273 Å². The monoisotopic (exact) mass is 486 g/mol. The maximum atomic E-state index is 12.1. The lowest BCUT2D eigenvalue weighted by Crippen LogP contribution is -2.62. The molecule has 0 aromatic heterocycles. The number of carbonyl (C=O) groups is 2. The lowest BCUT2D eigenvalue weighted by Gasteiger charge is -2.42. The molecule has 0 aliphatic carbocycles. The van der Waals surface area contributed by atoms with Crippen LogP contribution in [0.2, 0.25) is 0 Å². The zero-order valence-corrected chi connectivity index (χ0v) is 17.8. The van der Waals surface area contributed by atoms with Crippen molar-refractivity contribution in [2.75, 3.05) is 19.8 Å². The molecule has 1 aliphatic heterocycles. The van der Waals surface area contributed by atoms with Crippen LogP contribution in [0.5, 0.6) is 0 Å². The summed E-state index contributed by atoms with van der Waals surface area (Å²) in [6, 6.07) is -1.05. The lowest BCUT2D eigenvalue weighted by atomic mass is 9.98. The van der Waals surface area contributed by atoms with Gasteiger partial charge in [-0.3, -0.25) is 9.59 Å². The third-order valence-corrected chi connectivity index (χ3v) is 5.19. The molecule has 0 spiro atoms. The van der Waals surface area contributed by atoms with E-state index in [9.17, 15) is 50.4 Å². The van der Waals surface area contributed by atoms with E-state index in [2.05, 4.69) is 5.32 Å². The number of rotatable bonds is 14. The molecule has 0 aromatic rings. The SMILES string of the molecule is N[C@@H](CCCCNC(=O)[C@H](O)[C@@H](O)[C@H](O[C@@H]1O[C@H](CO)[C@@H](O)[C@H](O)[C@H]1O)[C@H](O)CO)C(=O)O. The van der Waals surface area contributed by atoms with Gasteiger partial charge < -0.3 is 66.5 Å². The van der Waals surface area contributed by atoms with E-state index in [1.54, 1.807) is 0 Å². The largest absolute Gasteiger partial charge is 0.480 e. The molecule has 0 bridgehead atoms. The van der Waals surface area contributed by atoms with Crippen molar-refractivity contribution in [3.8, 4) is 0 Å². The number of ether oxygens (including phenoxy) is 2. The summed E-state index contributed by atoms with van der Waals surface area (Å²) in [5.41, 5.74) is 5.35. The Hall–Kier alpha value is -1.50. The number of aliphatic hydroxyl groups is 8. The van der Waals surface area contributed by atoms with Gasteiger partial charge in [-0.1, -0.05) is 0 Å². The molecular weight excluding hydrogens is 452 g/mol. The van der Waals surface area contributed by atoms with Gasteiger partial charge >= 0.3 is 5.97 Å². The van der Waals surface area contributed by atoms with E-state index in [0.717, 1.165) is 0 Å². The molecule has 194 valence electrons. The molecular formula is C18H34N2O13. The van der Waals surface area contributed by atoms with E-state index in [1.165, 1.54) is 0 Å². The number of unbranched alkanes of at least 4 members (excludes halogenated alkanes) is 1. The normalized spacial score (nSPS) is 30.2. The van der Waals surface area contributed by atoms with Crippen LogP contribution in [-0.4, -0.2) is 139 Å². The number of amides is 1. The average Bonchev–Trinajstić information content (AvgIpc) is 2.80. The summed E-state index contributed by atoms with van der Waals surface area (Å²) in [5.74, 6) is -2.23. The van der Waals surface area contributed by atoms with Gasteiger partial charge in [0.1, 0.15) is 48.8 Å². The van der Waals surface area contributed by atoms with Gasteiger partial charge in [0, 0.05) is 6.54 Å². The number of nitrogens with two attached hydrogens (primary N) is 1. The minimum absolute atomic E-state index is 0.00966. The highest BCUT2D eigenvalue weighted by Crippen LogP contribution is 2.25. The minimum atomic E-state index is -2.16. The highest BCUT2D eigenvalue weighted by Gasteiger charge is 2.47. The first kappa shape index (κ1) is 29.5. The van der Waals surface area contributed by atoms with E-state index in [4.69, 9.17) is 20.3 Å². The maximum Gasteiger partial charge on any atom is 0.320 e. The number of aliphatic hydroxyl groups excluding tert-OH is 8. The molecule has 0 unspecified atom stereocenters. The molecule has 15 nitrogen and oxygen atoms in total. The number of nitrogens with one attached hydrogen (secondary N) is 1. The zero-order valence-electron chi connectivity index (χ0n) is 17.8. The van der Waals surface area contributed by atoms with Gasteiger partial charge in [0.25, 0.3) is 5.91 Å². The summed E-state index contributed by atoms with van der Waals surface area (Å²) in [4.78, 5) is 22.8. The summed E-state index contributed by atoms with van der Waals surface area (Å²) >= 11 is 0. The van der Waals surface area contributed by atoms with Crippen molar-refractivity contribution in [3.05, 3.63) is 0 Å². The van der Waals surface area contributed by atoms with Crippen molar-refractivity contribution >= 4 is 11.9 Å². The molecule has 1 rings (SSSR count). The van der Waals surface area contributed by atoms with Gasteiger partial charge in [-0.05, 0) is 19.3 Å². The molecule has 1 aliphatic rings. The molecule has 1 fully saturated rings. The van der Waals surface area contributed by atoms with Gasteiger partial charge in [-0.25, -0.2) is 0 Å². The molecule has 0 radical (unpaired) electrons. The lowest BCUT2D eigenvalue weighted by molar-refractivity contribution is -0.326. The molecule has 12 N–H and O–H groups in total. The molecule has 1 amide bonds. The van der Waals surface area contributed by atoms with E-state index in [1.807, 2.05) is 0 Å². The quantitative estimate of drug-likeness (QED) is 0.102. The maximum absolute atomic E-state index is 12.1. The van der Waals surface area contributed by atoms with Crippen molar-refractivity contribution in [2.45, 2.75) is 80.4 Å². The first-order valence-corrected chi connectivity index (χ1v) is 10.3. The van der Waals surface area contributed by atoms with Gasteiger partial charge in [-0.15, -0.1) is 0 Å². The van der Waals surface area contributed by atoms with Crippen LogP contribution < -0.4 is 11.1 Å². The summed E-state index contributed by atoms with van der Waals surface area (Å²) in [6.45, 7) is -1.75. The van der Waals surface area contributed by atoms with Gasteiger partial charge in [0.15, 0.2) is 12.4 Å². The van der Waals surface area contributed by atoms with Crippen molar-refractivity contribution in [3.63, 3.8) is 0 Å². The Labute approximate surface area is 189 Å². The second-order valence-corrected chi connectivity index (χ2v) is 7.71. The Balaban J connectivity index is 2.71. The molecule has 33 heavy (non-hydrogen) atoms. The van der Waals surface area contributed by atoms with Crippen LogP contribution in [0.1, 0.15) is 19.3 Å². The second-order valence-electron chi connectivity index (χ2n) is 7.71. The van der Waals surface area contributed by atoms with Crippen LogP contribution in [0, 0.1) is 0 Å². The Morgan fingerprint density at radius 3 is 2.21 bits per heavy atom. The molecule has 0 saturated carbocycles. The smallest absolute Gasteiger partial charge is 0.320 e. The van der Waals surface area contributed by atoms with Crippen molar-refractivity contribution in [1.29, 1.82) is 0 Å². The predicted octanol–water partition coefficient (Wildman–Crippen LogP) is -6.06. The number of hydrogen-bond donors (Lipinski definition) is 11. The van der Waals surface area contributed by atoms with Gasteiger partial charge in [0.05, 0.1) is 13.2 Å². The van der Waals surface area contributed by atoms with Crippen LogP contribution in [0.3, 0.4) is 0 Å². The predicted molar refractivity (Wildman–Crippen MR) is 106 cm³/mol. The summed E-state index contributed by atoms with van der Waals surface area (Å²) in [6.07, 6.45) is -15.8. The third-order valence-electron chi connectivity index (χ3n) is 5.19. The van der Waals surface area contributed by atoms with E-state index in [0.29, 0.717) is 12.8 Å². The summed E-state index contributed by atoms with van der Waals surface area (Å²) in [5, 5.41) is 89.6. The zero-order chi connectivity index (χ0) is 25.3. The average molecular weight is 486 g/mol. The van der Waals surface area contributed by atoms with Crippen molar-refractivity contribution in [2.24, 2.45) is 5.73 Å². The number of carbonyl (C=O) groups excluding carboxylic acids is 1. The van der Waals surface area contributed by atoms with Gasteiger partial charge in [0.2, 0.25) is 0 Å². The highest BCUT2D eigenvalue weighted by atomic mass is 16.7. The Kier molecular flexibility index (Phi) is 12.6. The standard InChI is InChI=1S/C18H34N2O13/c19-7(17(30)31)3-1-2-4-20-16(29)13(27)12(26)15(8(23)5-21)33-18-14(28)11(25)10(24)9(6-22)32-18/h7-15,18,21-28H,1-6,19H2,(H,20,29)(H,30,31)/t7-,8+,9+,10+,11-,12+,13+,14+,15+,18-/m0/s1. The molecule has 10 atom stereocenters. The molecule has 1 saturated heterocycles. The van der Waals surface area contributed by atoms with Crippen molar-refractivity contribution in [1.82, 2.24) is 5.32 Å². The Bertz CT molecular complexity index is 610. The minimum Gasteiger partial charge on any atom is -0.480 e. The fraction of sp³-hybridized carbons (Fsp3) is 0.889. The number of carboxylic acids is 1. The molecule has 1 heterocycles. The summed E-state index contributed by atoms with van der Waals surface area (Å²) < 4.78 is 10.3. The van der Waals surface area contributed by atoms with Gasteiger partial charge in [-0.2, -0.15) is 0 Å². The molecule has 15 heteroatoms. The number of hydrogen-bond acceptors (Lipinski definition) is 13. The third kappa shape index (κ3) is 8.34. The highest BCUT2D eigenvalue weighted by molar-refractivity contribution is 5.81. The van der Waals surface area contributed by atoms with Crippen LogP contribution in [0.25, 0.3) is 0 Å². The fourth-order valence-electron chi connectivity index (χ4n) is 3.10. The van der Waals surface area contributed by atoms with E-state index < -0.39 is 86.3 Å². The summed E-state index contributed by atoms with van der Waals surface area (Å²) in [7, 11) is 0. The first-order chi connectivity index (χ1) is 15.5. The Morgan fingerprint density at radius 2 is 1.67 bits per heavy atom. The van der Waals surface area contributed by atoms with Crippen LogP contribution in [-0.2, 0) is 19.1 Å². The van der Waals surface area contributed by atoms with Crippen molar-refractivity contribution < 1.29 is 65.0 Å². The second kappa shape index (κ2) is 14.0. The first-order valence-electron chi connectivity index (χ1n) is 10.3. The number of carboxylic acid groups (broad SMARTS) is 1.